The fourth-order valence-corrected chi connectivity index (χ4v) is 3.35. The van der Waals surface area contributed by atoms with Gasteiger partial charge >= 0.3 is 7.12 Å². The molecule has 0 aliphatic heterocycles. The predicted molar refractivity (Wildman–Crippen MR) is 116 cm³/mol. The van der Waals surface area contributed by atoms with Gasteiger partial charge in [-0.25, -0.2) is 0 Å². The van der Waals surface area contributed by atoms with E-state index in [2.05, 4.69) is 36.4 Å². The summed E-state index contributed by atoms with van der Waals surface area (Å²) in [4.78, 5) is 2.03. The number of hydrogen-bond acceptors (Lipinski definition) is 3. The van der Waals surface area contributed by atoms with Crippen molar-refractivity contribution in [2.45, 2.75) is 0 Å². The Balaban J connectivity index is 1.81. The molecule has 0 spiro atoms. The quantitative estimate of drug-likeness (QED) is 0.512. The van der Waals surface area contributed by atoms with Crippen LogP contribution in [0.4, 0.5) is 17.1 Å². The van der Waals surface area contributed by atoms with Crippen LogP contribution in [-0.2, 0) is 0 Å². The van der Waals surface area contributed by atoms with E-state index in [4.69, 9.17) is 0 Å². The second-order valence-electron chi connectivity index (χ2n) is 6.52. The zero-order chi connectivity index (χ0) is 19.3. The lowest BCUT2D eigenvalue weighted by molar-refractivity contribution is 0.426. The van der Waals surface area contributed by atoms with Gasteiger partial charge in [0.2, 0.25) is 0 Å². The number of benzene rings is 4. The molecule has 0 unspecified atom stereocenters. The first-order valence-corrected chi connectivity index (χ1v) is 9.20. The van der Waals surface area contributed by atoms with Gasteiger partial charge in [-0.2, -0.15) is 0 Å². The Morgan fingerprint density at radius 2 is 1.00 bits per heavy atom. The first-order chi connectivity index (χ1) is 13.7. The molecule has 2 N–H and O–H groups in total. The lowest BCUT2D eigenvalue weighted by atomic mass is 9.78. The average Bonchev–Trinajstić information content (AvgIpc) is 2.76. The van der Waals surface area contributed by atoms with Crippen LogP contribution in [0.1, 0.15) is 0 Å². The Morgan fingerprint density at radius 3 is 1.64 bits per heavy atom. The molecule has 0 aromatic heterocycles. The van der Waals surface area contributed by atoms with Crippen LogP contribution in [0.25, 0.3) is 11.1 Å². The third-order valence-corrected chi connectivity index (χ3v) is 4.70. The SMILES string of the molecule is OB(O)c1ccccc1N(c1ccccc1)c1ccc(-c2ccccc2)cc1. The molecule has 0 aliphatic rings. The molecule has 0 amide bonds. The molecule has 0 atom stereocenters. The summed E-state index contributed by atoms with van der Waals surface area (Å²) < 4.78 is 0. The molecular formula is C24H20BNO2. The van der Waals surface area contributed by atoms with Crippen LogP contribution in [0.2, 0.25) is 0 Å². The first kappa shape index (κ1) is 18.0. The van der Waals surface area contributed by atoms with Gasteiger partial charge in [0.25, 0.3) is 0 Å². The molecule has 0 bridgehead atoms. The third kappa shape index (κ3) is 3.69. The third-order valence-electron chi connectivity index (χ3n) is 4.70. The van der Waals surface area contributed by atoms with Gasteiger partial charge in [-0.05, 0) is 41.5 Å². The summed E-state index contributed by atoms with van der Waals surface area (Å²) in [5.74, 6) is 0. The standard InChI is InChI=1S/C24H20BNO2/c27-25(28)23-13-7-8-14-24(23)26(21-11-5-2-6-12-21)22-17-15-20(16-18-22)19-9-3-1-4-10-19/h1-18,27-28H. The summed E-state index contributed by atoms with van der Waals surface area (Å²) >= 11 is 0. The molecule has 0 aliphatic carbocycles. The molecule has 0 fully saturated rings. The number of nitrogens with zero attached hydrogens (tertiary/aromatic N) is 1. The van der Waals surface area contributed by atoms with Crippen LogP contribution in [-0.4, -0.2) is 17.2 Å². The van der Waals surface area contributed by atoms with Crippen molar-refractivity contribution in [1.82, 2.24) is 0 Å². The van der Waals surface area contributed by atoms with Crippen molar-refractivity contribution in [2.24, 2.45) is 0 Å². The molecule has 0 radical (unpaired) electrons. The highest BCUT2D eigenvalue weighted by molar-refractivity contribution is 6.60. The minimum Gasteiger partial charge on any atom is -0.423 e. The van der Waals surface area contributed by atoms with Gasteiger partial charge in [-0.15, -0.1) is 0 Å². The Morgan fingerprint density at radius 1 is 0.500 bits per heavy atom. The molecular weight excluding hydrogens is 345 g/mol. The Labute approximate surface area is 165 Å². The van der Waals surface area contributed by atoms with Crippen LogP contribution in [0.5, 0.6) is 0 Å². The molecule has 4 aromatic rings. The minimum absolute atomic E-state index is 0.457. The lowest BCUT2D eigenvalue weighted by Gasteiger charge is -2.27. The van der Waals surface area contributed by atoms with E-state index >= 15 is 0 Å². The van der Waals surface area contributed by atoms with Gasteiger partial charge in [0, 0.05) is 22.5 Å². The molecule has 28 heavy (non-hydrogen) atoms. The molecule has 136 valence electrons. The highest BCUT2D eigenvalue weighted by Gasteiger charge is 2.21. The van der Waals surface area contributed by atoms with E-state index in [1.165, 1.54) is 0 Å². The van der Waals surface area contributed by atoms with Gasteiger partial charge in [-0.3, -0.25) is 0 Å². The predicted octanol–water partition coefficient (Wildman–Crippen LogP) is 4.50. The molecule has 3 nitrogen and oxygen atoms in total. The number of hydrogen-bond donors (Lipinski definition) is 2. The first-order valence-electron chi connectivity index (χ1n) is 9.20. The van der Waals surface area contributed by atoms with Crippen molar-refractivity contribution in [3.63, 3.8) is 0 Å². The summed E-state index contributed by atoms with van der Waals surface area (Å²) in [5.41, 5.74) is 5.37. The molecule has 0 saturated heterocycles. The van der Waals surface area contributed by atoms with Crippen molar-refractivity contribution in [2.75, 3.05) is 4.90 Å². The van der Waals surface area contributed by atoms with E-state index in [1.54, 1.807) is 12.1 Å². The Kier molecular flexibility index (Phi) is 5.24. The summed E-state index contributed by atoms with van der Waals surface area (Å²) in [6.45, 7) is 0. The summed E-state index contributed by atoms with van der Waals surface area (Å²) in [6.07, 6.45) is 0. The maximum atomic E-state index is 9.87. The van der Waals surface area contributed by atoms with Gasteiger partial charge in [0.1, 0.15) is 0 Å². The summed E-state index contributed by atoms with van der Waals surface area (Å²) in [6, 6.07) is 35.7. The smallest absolute Gasteiger partial charge is 0.423 e. The van der Waals surface area contributed by atoms with Crippen molar-refractivity contribution in [3.8, 4) is 11.1 Å². The van der Waals surface area contributed by atoms with E-state index in [0.29, 0.717) is 5.46 Å². The molecule has 0 heterocycles. The molecule has 4 rings (SSSR count). The van der Waals surface area contributed by atoms with Gasteiger partial charge in [0.05, 0.1) is 0 Å². The van der Waals surface area contributed by atoms with E-state index < -0.39 is 7.12 Å². The maximum Gasteiger partial charge on any atom is 0.490 e. The molecule has 4 heteroatoms. The zero-order valence-corrected chi connectivity index (χ0v) is 15.3. The van der Waals surface area contributed by atoms with Gasteiger partial charge in [0.15, 0.2) is 0 Å². The number of rotatable bonds is 5. The Hall–Kier alpha value is -3.34. The van der Waals surface area contributed by atoms with Crippen LogP contribution in [0.3, 0.4) is 0 Å². The monoisotopic (exact) mass is 365 g/mol. The van der Waals surface area contributed by atoms with Gasteiger partial charge in [-0.1, -0.05) is 78.9 Å². The van der Waals surface area contributed by atoms with Crippen LogP contribution in [0.15, 0.2) is 109 Å². The summed E-state index contributed by atoms with van der Waals surface area (Å²) in [5, 5.41) is 19.7. The molecule has 4 aromatic carbocycles. The second-order valence-corrected chi connectivity index (χ2v) is 6.52. The molecule has 0 saturated carbocycles. The largest absolute Gasteiger partial charge is 0.490 e. The highest BCUT2D eigenvalue weighted by Crippen LogP contribution is 2.34. The summed E-state index contributed by atoms with van der Waals surface area (Å²) in [7, 11) is -1.55. The number of anilines is 3. The van der Waals surface area contributed by atoms with Crippen LogP contribution >= 0.6 is 0 Å². The van der Waals surface area contributed by atoms with Crippen LogP contribution < -0.4 is 10.4 Å². The number of para-hydroxylation sites is 2. The lowest BCUT2D eigenvalue weighted by Crippen LogP contribution is -2.34. The minimum atomic E-state index is -1.55. The van der Waals surface area contributed by atoms with Crippen molar-refractivity contribution >= 4 is 29.6 Å². The topological polar surface area (TPSA) is 43.7 Å². The zero-order valence-electron chi connectivity index (χ0n) is 15.3. The van der Waals surface area contributed by atoms with E-state index in [0.717, 1.165) is 28.2 Å². The van der Waals surface area contributed by atoms with E-state index in [9.17, 15) is 10.0 Å². The van der Waals surface area contributed by atoms with E-state index in [-0.39, 0.29) is 0 Å². The second kappa shape index (κ2) is 8.13. The van der Waals surface area contributed by atoms with Crippen molar-refractivity contribution in [1.29, 1.82) is 0 Å². The fraction of sp³-hybridized carbons (Fsp3) is 0. The van der Waals surface area contributed by atoms with Crippen LogP contribution in [0, 0.1) is 0 Å². The van der Waals surface area contributed by atoms with Crippen molar-refractivity contribution in [3.05, 3.63) is 109 Å². The average molecular weight is 365 g/mol. The van der Waals surface area contributed by atoms with Crippen molar-refractivity contribution < 1.29 is 10.0 Å². The Bertz CT molecular complexity index is 1030. The fourth-order valence-electron chi connectivity index (χ4n) is 3.35. The normalized spacial score (nSPS) is 10.5. The van der Waals surface area contributed by atoms with E-state index in [1.807, 2.05) is 65.6 Å². The van der Waals surface area contributed by atoms with Gasteiger partial charge < -0.3 is 14.9 Å². The highest BCUT2D eigenvalue weighted by atomic mass is 16.4. The maximum absolute atomic E-state index is 9.87.